The number of carbonyl (C=O) groups excluding carboxylic acids is 1. The van der Waals surface area contributed by atoms with Crippen molar-refractivity contribution in [3.05, 3.63) is 42.0 Å². The first-order chi connectivity index (χ1) is 11.3. The molecule has 1 amide bonds. The van der Waals surface area contributed by atoms with Gasteiger partial charge < -0.3 is 19.4 Å². The molecule has 0 spiro atoms. The van der Waals surface area contributed by atoms with E-state index in [4.69, 9.17) is 9.47 Å². The maximum Gasteiger partial charge on any atom is 0.254 e. The molecule has 2 aliphatic heterocycles. The first-order valence-corrected chi connectivity index (χ1v) is 7.99. The van der Waals surface area contributed by atoms with E-state index in [2.05, 4.69) is 9.97 Å². The van der Waals surface area contributed by atoms with Crippen LogP contribution in [0, 0.1) is 0 Å². The van der Waals surface area contributed by atoms with Gasteiger partial charge in [-0.25, -0.2) is 4.98 Å². The van der Waals surface area contributed by atoms with E-state index in [1.807, 2.05) is 23.2 Å². The van der Waals surface area contributed by atoms with Crippen LogP contribution in [-0.4, -0.2) is 47.1 Å². The number of ether oxygens (including phenoxy) is 2. The Kier molecular flexibility index (Phi) is 3.65. The summed E-state index contributed by atoms with van der Waals surface area (Å²) in [5.41, 5.74) is 0.648. The van der Waals surface area contributed by atoms with E-state index in [0.717, 1.165) is 25.2 Å². The normalized spacial score (nSPS) is 20.3. The van der Waals surface area contributed by atoms with Crippen molar-refractivity contribution in [2.45, 2.75) is 18.8 Å². The van der Waals surface area contributed by atoms with Gasteiger partial charge in [-0.05, 0) is 31.0 Å². The predicted molar refractivity (Wildman–Crippen MR) is 83.9 cm³/mol. The molecule has 3 heterocycles. The fourth-order valence-electron chi connectivity index (χ4n) is 3.24. The van der Waals surface area contributed by atoms with E-state index in [0.29, 0.717) is 36.8 Å². The number of carbonyl (C=O) groups is 1. The standard InChI is InChI=1S/C17H19N3O3/c21-17(12-3-4-14-15(10-12)23-9-8-22-14)20-7-1-2-13(11-20)16-18-5-6-19-16/h3-6,10,13H,1-2,7-9,11H2,(H,18,19)/t13-/m0/s1. The number of nitrogens with one attached hydrogen (secondary N) is 1. The number of imidazole rings is 1. The Morgan fingerprint density at radius 2 is 2.13 bits per heavy atom. The fourth-order valence-corrected chi connectivity index (χ4v) is 3.24. The summed E-state index contributed by atoms with van der Waals surface area (Å²) in [4.78, 5) is 22.2. The Hall–Kier alpha value is -2.50. The number of benzene rings is 1. The van der Waals surface area contributed by atoms with Gasteiger partial charge >= 0.3 is 0 Å². The molecular formula is C17H19N3O3. The van der Waals surface area contributed by atoms with Crippen LogP contribution in [0.15, 0.2) is 30.6 Å². The highest BCUT2D eigenvalue weighted by Crippen LogP contribution is 2.32. The highest BCUT2D eigenvalue weighted by Gasteiger charge is 2.27. The minimum Gasteiger partial charge on any atom is -0.486 e. The lowest BCUT2D eigenvalue weighted by molar-refractivity contribution is 0.0703. The Balaban J connectivity index is 1.52. The molecule has 120 valence electrons. The van der Waals surface area contributed by atoms with Crippen molar-refractivity contribution in [2.75, 3.05) is 26.3 Å². The number of likely N-dealkylation sites (tertiary alicyclic amines) is 1. The number of amides is 1. The van der Waals surface area contributed by atoms with E-state index < -0.39 is 0 Å². The number of hydrogen-bond donors (Lipinski definition) is 1. The third-order valence-electron chi connectivity index (χ3n) is 4.40. The average molecular weight is 313 g/mol. The third-order valence-corrected chi connectivity index (χ3v) is 4.40. The maximum atomic E-state index is 12.8. The van der Waals surface area contributed by atoms with Gasteiger partial charge in [0.05, 0.1) is 0 Å². The van der Waals surface area contributed by atoms with Crippen LogP contribution in [0.3, 0.4) is 0 Å². The second-order valence-corrected chi connectivity index (χ2v) is 5.92. The Labute approximate surface area is 134 Å². The summed E-state index contributed by atoms with van der Waals surface area (Å²) >= 11 is 0. The second kappa shape index (κ2) is 5.95. The second-order valence-electron chi connectivity index (χ2n) is 5.92. The van der Waals surface area contributed by atoms with Crippen molar-refractivity contribution in [1.29, 1.82) is 0 Å². The van der Waals surface area contributed by atoms with Crippen molar-refractivity contribution in [2.24, 2.45) is 0 Å². The number of aromatic amines is 1. The molecular weight excluding hydrogens is 294 g/mol. The van der Waals surface area contributed by atoms with Gasteiger partial charge in [0.1, 0.15) is 19.0 Å². The Morgan fingerprint density at radius 1 is 1.26 bits per heavy atom. The summed E-state index contributed by atoms with van der Waals surface area (Å²) in [6.45, 7) is 2.55. The van der Waals surface area contributed by atoms with Crippen LogP contribution >= 0.6 is 0 Å². The van der Waals surface area contributed by atoms with Crippen molar-refractivity contribution in [3.8, 4) is 11.5 Å². The van der Waals surface area contributed by atoms with Gasteiger partial charge in [-0.15, -0.1) is 0 Å². The van der Waals surface area contributed by atoms with Gasteiger partial charge in [0.25, 0.3) is 5.91 Å². The quantitative estimate of drug-likeness (QED) is 0.923. The number of rotatable bonds is 2. The molecule has 1 fully saturated rings. The summed E-state index contributed by atoms with van der Waals surface area (Å²) in [6.07, 6.45) is 5.63. The zero-order valence-corrected chi connectivity index (χ0v) is 12.8. The first-order valence-electron chi connectivity index (χ1n) is 7.99. The van der Waals surface area contributed by atoms with E-state index in [9.17, 15) is 4.79 Å². The van der Waals surface area contributed by atoms with Crippen LogP contribution in [0.4, 0.5) is 0 Å². The summed E-state index contributed by atoms with van der Waals surface area (Å²) in [5, 5.41) is 0. The largest absolute Gasteiger partial charge is 0.486 e. The number of hydrogen-bond acceptors (Lipinski definition) is 4. The van der Waals surface area contributed by atoms with Gasteiger partial charge in [0.15, 0.2) is 11.5 Å². The molecule has 1 atom stereocenters. The molecule has 2 aromatic rings. The molecule has 4 rings (SSSR count). The van der Waals surface area contributed by atoms with Crippen molar-refractivity contribution >= 4 is 5.91 Å². The van der Waals surface area contributed by atoms with Crippen LogP contribution < -0.4 is 9.47 Å². The monoisotopic (exact) mass is 313 g/mol. The minimum absolute atomic E-state index is 0.0400. The third kappa shape index (κ3) is 2.76. The zero-order chi connectivity index (χ0) is 15.6. The molecule has 2 aliphatic rings. The molecule has 6 heteroatoms. The van der Waals surface area contributed by atoms with Crippen LogP contribution in [-0.2, 0) is 0 Å². The molecule has 0 bridgehead atoms. The lowest BCUT2D eigenvalue weighted by Crippen LogP contribution is -2.39. The Bertz CT molecular complexity index is 699. The highest BCUT2D eigenvalue weighted by atomic mass is 16.6. The average Bonchev–Trinajstić information content (AvgIpc) is 3.15. The maximum absolute atomic E-state index is 12.8. The predicted octanol–water partition coefficient (Wildman–Crippen LogP) is 2.20. The van der Waals surface area contributed by atoms with Crippen molar-refractivity contribution in [1.82, 2.24) is 14.9 Å². The van der Waals surface area contributed by atoms with E-state index >= 15 is 0 Å². The van der Waals surface area contributed by atoms with Gasteiger partial charge in [-0.2, -0.15) is 0 Å². The zero-order valence-electron chi connectivity index (χ0n) is 12.8. The molecule has 1 aromatic carbocycles. The smallest absolute Gasteiger partial charge is 0.254 e. The van der Waals surface area contributed by atoms with Crippen LogP contribution in [0.5, 0.6) is 11.5 Å². The molecule has 1 aromatic heterocycles. The number of nitrogens with zero attached hydrogens (tertiary/aromatic N) is 2. The lowest BCUT2D eigenvalue weighted by Gasteiger charge is -2.32. The summed E-state index contributed by atoms with van der Waals surface area (Å²) in [7, 11) is 0. The molecule has 6 nitrogen and oxygen atoms in total. The van der Waals surface area contributed by atoms with Crippen LogP contribution in [0.25, 0.3) is 0 Å². The SMILES string of the molecule is O=C(c1ccc2c(c1)OCCO2)N1CCC[C@H](c2ncc[nH]2)C1. The van der Waals surface area contributed by atoms with Crippen LogP contribution in [0.2, 0.25) is 0 Å². The lowest BCUT2D eigenvalue weighted by atomic mass is 9.96. The van der Waals surface area contributed by atoms with Crippen LogP contribution in [0.1, 0.15) is 34.9 Å². The van der Waals surface area contributed by atoms with Crippen molar-refractivity contribution in [3.63, 3.8) is 0 Å². The molecule has 0 aliphatic carbocycles. The highest BCUT2D eigenvalue weighted by molar-refractivity contribution is 5.95. The molecule has 0 saturated carbocycles. The number of H-pyrrole nitrogens is 1. The number of fused-ring (bicyclic) bond motifs is 1. The summed E-state index contributed by atoms with van der Waals surface area (Å²) in [5.74, 6) is 2.64. The van der Waals surface area contributed by atoms with E-state index in [1.165, 1.54) is 0 Å². The van der Waals surface area contributed by atoms with Gasteiger partial charge in [-0.3, -0.25) is 4.79 Å². The molecule has 0 unspecified atom stereocenters. The van der Waals surface area contributed by atoms with E-state index in [-0.39, 0.29) is 11.8 Å². The molecule has 0 radical (unpaired) electrons. The first kappa shape index (κ1) is 14.1. The van der Waals surface area contributed by atoms with Gasteiger partial charge in [0.2, 0.25) is 0 Å². The number of aromatic nitrogens is 2. The van der Waals surface area contributed by atoms with Crippen molar-refractivity contribution < 1.29 is 14.3 Å². The Morgan fingerprint density at radius 3 is 2.96 bits per heavy atom. The molecule has 23 heavy (non-hydrogen) atoms. The number of piperidine rings is 1. The molecule has 1 N–H and O–H groups in total. The van der Waals surface area contributed by atoms with E-state index in [1.54, 1.807) is 12.3 Å². The van der Waals surface area contributed by atoms with Gasteiger partial charge in [0, 0.05) is 37.0 Å². The van der Waals surface area contributed by atoms with Gasteiger partial charge in [-0.1, -0.05) is 0 Å². The minimum atomic E-state index is 0.0400. The summed E-state index contributed by atoms with van der Waals surface area (Å²) in [6, 6.07) is 5.41. The fraction of sp³-hybridized carbons (Fsp3) is 0.412. The molecule has 1 saturated heterocycles. The summed E-state index contributed by atoms with van der Waals surface area (Å²) < 4.78 is 11.1. The topological polar surface area (TPSA) is 67.5 Å².